The van der Waals surface area contributed by atoms with Crippen molar-refractivity contribution >= 4 is 16.2 Å². The summed E-state index contributed by atoms with van der Waals surface area (Å²) in [4.78, 5) is 12.2. The summed E-state index contributed by atoms with van der Waals surface area (Å²) in [6.45, 7) is 1.87. The van der Waals surface area contributed by atoms with Gasteiger partial charge in [-0.05, 0) is 0 Å². The minimum Gasteiger partial charge on any atom is -0.465 e. The number of amides is 1. The molecule has 7 nitrogen and oxygen atoms in total. The first kappa shape index (κ1) is 14.2. The van der Waals surface area contributed by atoms with Gasteiger partial charge < -0.3 is 14.7 Å². The second kappa shape index (κ2) is 5.19. The van der Waals surface area contributed by atoms with Gasteiger partial charge in [-0.15, -0.1) is 0 Å². The smallest absolute Gasteiger partial charge is 0.407 e. The number of carboxylic acid groups (broad SMARTS) is 1. The standard InChI is InChI=1S/C9H17NO6S/c1-6-7(5-16-17(3,13)14)10(9(11)12)4-8(6)15-2/h6-8H,4-5H2,1-3H3,(H,11,12). The van der Waals surface area contributed by atoms with Crippen LogP contribution in [0.1, 0.15) is 6.92 Å². The van der Waals surface area contributed by atoms with Crippen LogP contribution in [0.2, 0.25) is 0 Å². The van der Waals surface area contributed by atoms with E-state index in [1.165, 1.54) is 7.11 Å². The average Bonchev–Trinajstić information content (AvgIpc) is 2.51. The van der Waals surface area contributed by atoms with Gasteiger partial charge in [0, 0.05) is 13.0 Å². The topological polar surface area (TPSA) is 93.1 Å². The fourth-order valence-electron chi connectivity index (χ4n) is 1.97. The predicted molar refractivity (Wildman–Crippen MR) is 59.3 cm³/mol. The predicted octanol–water partition coefficient (Wildman–Crippen LogP) is -0.0241. The van der Waals surface area contributed by atoms with Crippen molar-refractivity contribution in [2.45, 2.75) is 19.1 Å². The highest BCUT2D eigenvalue weighted by atomic mass is 32.2. The van der Waals surface area contributed by atoms with Crippen molar-refractivity contribution in [3.8, 4) is 0 Å². The number of likely N-dealkylation sites (tertiary alicyclic amines) is 1. The van der Waals surface area contributed by atoms with Crippen molar-refractivity contribution in [2.75, 3.05) is 26.5 Å². The average molecular weight is 267 g/mol. The van der Waals surface area contributed by atoms with Crippen LogP contribution in [0.15, 0.2) is 0 Å². The number of hydrogen-bond donors (Lipinski definition) is 1. The Balaban J connectivity index is 2.75. The highest BCUT2D eigenvalue weighted by Gasteiger charge is 2.42. The summed E-state index contributed by atoms with van der Waals surface area (Å²) < 4.78 is 31.6. The lowest BCUT2D eigenvalue weighted by Crippen LogP contribution is -2.40. The molecule has 0 aromatic heterocycles. The van der Waals surface area contributed by atoms with E-state index in [4.69, 9.17) is 9.84 Å². The first-order valence-electron chi connectivity index (χ1n) is 5.13. The van der Waals surface area contributed by atoms with Crippen LogP contribution in [-0.4, -0.2) is 63.2 Å². The van der Waals surface area contributed by atoms with Crippen LogP contribution >= 0.6 is 0 Å². The lowest BCUT2D eigenvalue weighted by Gasteiger charge is -2.23. The van der Waals surface area contributed by atoms with Crippen molar-refractivity contribution < 1.29 is 27.2 Å². The van der Waals surface area contributed by atoms with Gasteiger partial charge in [-0.3, -0.25) is 4.18 Å². The van der Waals surface area contributed by atoms with Gasteiger partial charge >= 0.3 is 6.09 Å². The molecule has 1 heterocycles. The molecule has 1 rings (SSSR count). The minimum atomic E-state index is -3.57. The molecule has 0 saturated carbocycles. The summed E-state index contributed by atoms with van der Waals surface area (Å²) >= 11 is 0. The molecule has 1 saturated heterocycles. The van der Waals surface area contributed by atoms with E-state index in [2.05, 4.69) is 4.18 Å². The third kappa shape index (κ3) is 3.55. The van der Waals surface area contributed by atoms with E-state index in [0.717, 1.165) is 11.2 Å². The quantitative estimate of drug-likeness (QED) is 0.719. The maximum atomic E-state index is 11.0. The van der Waals surface area contributed by atoms with Crippen LogP contribution in [0.25, 0.3) is 0 Å². The maximum Gasteiger partial charge on any atom is 0.407 e. The number of hydrogen-bond acceptors (Lipinski definition) is 5. The van der Waals surface area contributed by atoms with E-state index < -0.39 is 22.3 Å². The molecule has 0 aliphatic carbocycles. The molecule has 3 unspecified atom stereocenters. The minimum absolute atomic E-state index is 0.113. The third-order valence-corrected chi connectivity index (χ3v) is 3.54. The van der Waals surface area contributed by atoms with Crippen molar-refractivity contribution in [1.82, 2.24) is 4.90 Å². The molecule has 0 aromatic rings. The SMILES string of the molecule is COC1CN(C(=O)O)C(COS(C)(=O)=O)C1C. The molecule has 0 aromatic carbocycles. The maximum absolute atomic E-state index is 11.0. The molecule has 100 valence electrons. The molecule has 0 bridgehead atoms. The Labute approximate surface area is 100 Å². The van der Waals surface area contributed by atoms with Gasteiger partial charge in [0.25, 0.3) is 10.1 Å². The first-order valence-corrected chi connectivity index (χ1v) is 6.94. The van der Waals surface area contributed by atoms with E-state index in [1.54, 1.807) is 0 Å². The summed E-state index contributed by atoms with van der Waals surface area (Å²) in [5, 5.41) is 9.01. The Morgan fingerprint density at radius 1 is 1.53 bits per heavy atom. The molecule has 1 aliphatic rings. The molecule has 17 heavy (non-hydrogen) atoms. The summed E-state index contributed by atoms with van der Waals surface area (Å²) in [7, 11) is -2.07. The monoisotopic (exact) mass is 267 g/mol. The number of methoxy groups -OCH3 is 1. The van der Waals surface area contributed by atoms with Crippen molar-refractivity contribution in [1.29, 1.82) is 0 Å². The fraction of sp³-hybridized carbons (Fsp3) is 0.889. The Hall–Kier alpha value is -0.860. The lowest BCUT2D eigenvalue weighted by molar-refractivity contribution is 0.0789. The second-order valence-corrected chi connectivity index (χ2v) is 5.77. The Kier molecular flexibility index (Phi) is 4.34. The Bertz CT molecular complexity index is 381. The van der Waals surface area contributed by atoms with Crippen molar-refractivity contribution in [2.24, 2.45) is 5.92 Å². The zero-order chi connectivity index (χ0) is 13.2. The Morgan fingerprint density at radius 2 is 2.12 bits per heavy atom. The van der Waals surface area contributed by atoms with Gasteiger partial charge in [-0.1, -0.05) is 6.92 Å². The second-order valence-electron chi connectivity index (χ2n) is 4.12. The van der Waals surface area contributed by atoms with Gasteiger partial charge in [0.1, 0.15) is 0 Å². The summed E-state index contributed by atoms with van der Waals surface area (Å²) in [5.41, 5.74) is 0. The molecule has 8 heteroatoms. The van der Waals surface area contributed by atoms with Gasteiger partial charge in [0.2, 0.25) is 0 Å². The molecule has 1 N–H and O–H groups in total. The van der Waals surface area contributed by atoms with Gasteiger partial charge in [0.15, 0.2) is 0 Å². The van der Waals surface area contributed by atoms with Gasteiger partial charge in [-0.25, -0.2) is 4.79 Å². The van der Waals surface area contributed by atoms with E-state index in [0.29, 0.717) is 0 Å². The van der Waals surface area contributed by atoms with Crippen LogP contribution in [0, 0.1) is 5.92 Å². The van der Waals surface area contributed by atoms with Crippen LogP contribution in [-0.2, 0) is 19.0 Å². The number of nitrogens with zero attached hydrogens (tertiary/aromatic N) is 1. The number of carbonyl (C=O) groups is 1. The van der Waals surface area contributed by atoms with Crippen LogP contribution < -0.4 is 0 Å². The molecule has 0 spiro atoms. The van der Waals surface area contributed by atoms with Crippen LogP contribution in [0.4, 0.5) is 4.79 Å². The zero-order valence-corrected chi connectivity index (χ0v) is 10.8. The lowest BCUT2D eigenvalue weighted by atomic mass is 10.0. The Morgan fingerprint density at radius 3 is 2.53 bits per heavy atom. The highest BCUT2D eigenvalue weighted by Crippen LogP contribution is 2.27. The number of rotatable bonds is 4. The highest BCUT2D eigenvalue weighted by molar-refractivity contribution is 7.85. The van der Waals surface area contributed by atoms with E-state index in [1.807, 2.05) is 6.92 Å². The molecule has 3 atom stereocenters. The number of ether oxygens (including phenoxy) is 1. The summed E-state index contributed by atoms with van der Waals surface area (Å²) in [6, 6.07) is -0.507. The van der Waals surface area contributed by atoms with E-state index in [-0.39, 0.29) is 25.2 Å². The molecule has 1 fully saturated rings. The van der Waals surface area contributed by atoms with Gasteiger partial charge in [-0.2, -0.15) is 8.42 Å². The molecular formula is C9H17NO6S. The zero-order valence-electron chi connectivity index (χ0n) is 9.99. The van der Waals surface area contributed by atoms with E-state index in [9.17, 15) is 13.2 Å². The normalized spacial score (nSPS) is 29.6. The largest absolute Gasteiger partial charge is 0.465 e. The summed E-state index contributed by atoms with van der Waals surface area (Å²) in [5.74, 6) is -0.113. The van der Waals surface area contributed by atoms with Crippen LogP contribution in [0.5, 0.6) is 0 Å². The van der Waals surface area contributed by atoms with Gasteiger partial charge in [0.05, 0.1) is 31.6 Å². The van der Waals surface area contributed by atoms with Crippen molar-refractivity contribution in [3.63, 3.8) is 0 Å². The fourth-order valence-corrected chi connectivity index (χ4v) is 2.36. The molecular weight excluding hydrogens is 250 g/mol. The van der Waals surface area contributed by atoms with E-state index >= 15 is 0 Å². The van der Waals surface area contributed by atoms with Crippen LogP contribution in [0.3, 0.4) is 0 Å². The third-order valence-electron chi connectivity index (χ3n) is 2.97. The molecule has 0 radical (unpaired) electrons. The first-order chi connectivity index (χ1) is 7.76. The summed E-state index contributed by atoms with van der Waals surface area (Å²) in [6.07, 6.45) is -0.399. The molecule has 1 aliphatic heterocycles. The molecule has 1 amide bonds. The van der Waals surface area contributed by atoms with Crippen molar-refractivity contribution in [3.05, 3.63) is 0 Å².